The molecule has 0 unspecified atom stereocenters. The van der Waals surface area contributed by atoms with Gasteiger partial charge in [0.15, 0.2) is 0 Å². The van der Waals surface area contributed by atoms with E-state index in [1.807, 2.05) is 6.08 Å². The smallest absolute Gasteiger partial charge is 0.114 e. The van der Waals surface area contributed by atoms with E-state index >= 15 is 0 Å². The fourth-order valence-electron chi connectivity index (χ4n) is 3.32. The maximum atomic E-state index is 10.0. The third kappa shape index (κ3) is 10.0. The third-order valence-corrected chi connectivity index (χ3v) is 5.03. The second-order valence-electron chi connectivity index (χ2n) is 7.35. The van der Waals surface area contributed by atoms with Crippen LogP contribution in [0.15, 0.2) is 12.2 Å². The molecule has 0 aromatic rings. The highest BCUT2D eigenvalue weighted by molar-refractivity contribution is 4.90. The normalized spacial score (nSPS) is 24.5. The van der Waals surface area contributed by atoms with Crippen molar-refractivity contribution in [2.24, 2.45) is 0 Å². The molecule has 4 atom stereocenters. The number of aliphatic hydroxyl groups is 3. The van der Waals surface area contributed by atoms with Crippen molar-refractivity contribution in [3.05, 3.63) is 12.2 Å². The SMILES string of the molecule is CCCCCCCCCCCC/C=C/CO[C@H]1CO[C@H]([C@H](O)CO)[C@@H]1O. The fraction of sp³-hybridized carbons (Fsp3) is 0.905. The Bertz CT molecular complexity index is 347. The standard InChI is InChI=1S/C21H40O5/c1-2-3-4-5-6-7-8-9-10-11-12-13-14-15-25-19-17-26-21(20(19)24)18(23)16-22/h13-14,18-24H,2-12,15-17H2,1H3/b14-13+/t18-,19+,20-,21-/m1/s1. The molecular weight excluding hydrogens is 332 g/mol. The zero-order valence-corrected chi connectivity index (χ0v) is 16.5. The molecule has 1 aliphatic rings. The lowest BCUT2D eigenvalue weighted by atomic mass is 10.1. The Morgan fingerprint density at radius 3 is 2.23 bits per heavy atom. The molecule has 1 rings (SSSR count). The first-order valence-electron chi connectivity index (χ1n) is 10.6. The molecule has 0 aromatic heterocycles. The van der Waals surface area contributed by atoms with Gasteiger partial charge in [0.25, 0.3) is 0 Å². The van der Waals surface area contributed by atoms with Crippen molar-refractivity contribution in [1.82, 2.24) is 0 Å². The number of rotatable bonds is 16. The molecule has 5 nitrogen and oxygen atoms in total. The van der Waals surface area contributed by atoms with Gasteiger partial charge in [0.1, 0.15) is 24.4 Å². The lowest BCUT2D eigenvalue weighted by Crippen LogP contribution is -2.41. The molecule has 0 spiro atoms. The summed E-state index contributed by atoms with van der Waals surface area (Å²) in [5.41, 5.74) is 0. The Morgan fingerprint density at radius 1 is 1.00 bits per heavy atom. The number of hydrogen-bond donors (Lipinski definition) is 3. The minimum atomic E-state index is -1.06. The quantitative estimate of drug-likeness (QED) is 0.286. The molecule has 0 radical (unpaired) electrons. The fourth-order valence-corrected chi connectivity index (χ4v) is 3.32. The summed E-state index contributed by atoms with van der Waals surface area (Å²) in [5, 5.41) is 28.5. The van der Waals surface area contributed by atoms with Crippen molar-refractivity contribution in [1.29, 1.82) is 0 Å². The van der Waals surface area contributed by atoms with Gasteiger partial charge in [-0.25, -0.2) is 0 Å². The van der Waals surface area contributed by atoms with Gasteiger partial charge < -0.3 is 24.8 Å². The largest absolute Gasteiger partial charge is 0.394 e. The zero-order chi connectivity index (χ0) is 19.0. The van der Waals surface area contributed by atoms with Crippen LogP contribution in [0.25, 0.3) is 0 Å². The second-order valence-corrected chi connectivity index (χ2v) is 7.35. The molecule has 0 amide bonds. The average Bonchev–Trinajstić information content (AvgIpc) is 3.02. The van der Waals surface area contributed by atoms with Crippen LogP contribution in [0.5, 0.6) is 0 Å². The summed E-state index contributed by atoms with van der Waals surface area (Å²) in [6.07, 6.45) is 15.5. The van der Waals surface area contributed by atoms with Gasteiger partial charge in [0.2, 0.25) is 0 Å². The molecule has 5 heteroatoms. The van der Waals surface area contributed by atoms with E-state index in [2.05, 4.69) is 13.0 Å². The van der Waals surface area contributed by atoms with Gasteiger partial charge >= 0.3 is 0 Å². The molecule has 0 bridgehead atoms. The van der Waals surface area contributed by atoms with E-state index in [1.54, 1.807) is 0 Å². The maximum Gasteiger partial charge on any atom is 0.114 e. The van der Waals surface area contributed by atoms with E-state index in [0.717, 1.165) is 6.42 Å². The van der Waals surface area contributed by atoms with Crippen LogP contribution < -0.4 is 0 Å². The van der Waals surface area contributed by atoms with E-state index in [4.69, 9.17) is 14.6 Å². The molecule has 0 aliphatic carbocycles. The molecule has 26 heavy (non-hydrogen) atoms. The minimum absolute atomic E-state index is 0.245. The van der Waals surface area contributed by atoms with Gasteiger partial charge in [-0.15, -0.1) is 0 Å². The number of hydrogen-bond acceptors (Lipinski definition) is 5. The topological polar surface area (TPSA) is 79.2 Å². The monoisotopic (exact) mass is 372 g/mol. The van der Waals surface area contributed by atoms with Gasteiger partial charge in [0, 0.05) is 0 Å². The van der Waals surface area contributed by atoms with E-state index in [-0.39, 0.29) is 6.61 Å². The lowest BCUT2D eigenvalue weighted by Gasteiger charge is -2.20. The van der Waals surface area contributed by atoms with E-state index in [0.29, 0.717) is 6.61 Å². The average molecular weight is 373 g/mol. The molecule has 1 fully saturated rings. The van der Waals surface area contributed by atoms with Gasteiger partial charge in [-0.3, -0.25) is 0 Å². The van der Waals surface area contributed by atoms with Crippen LogP contribution in [0.1, 0.15) is 77.6 Å². The predicted molar refractivity (Wildman–Crippen MR) is 104 cm³/mol. The van der Waals surface area contributed by atoms with Crippen molar-refractivity contribution in [3.8, 4) is 0 Å². The van der Waals surface area contributed by atoms with E-state index in [1.165, 1.54) is 64.2 Å². The van der Waals surface area contributed by atoms with Crippen molar-refractivity contribution in [2.45, 2.75) is 102 Å². The van der Waals surface area contributed by atoms with Crippen molar-refractivity contribution in [3.63, 3.8) is 0 Å². The molecule has 1 aliphatic heterocycles. The van der Waals surface area contributed by atoms with Crippen LogP contribution in [0.3, 0.4) is 0 Å². The first kappa shape index (κ1) is 23.6. The lowest BCUT2D eigenvalue weighted by molar-refractivity contribution is -0.0716. The van der Waals surface area contributed by atoms with Gasteiger partial charge in [-0.1, -0.05) is 76.9 Å². The molecule has 1 saturated heterocycles. The van der Waals surface area contributed by atoms with Crippen LogP contribution in [-0.2, 0) is 9.47 Å². The van der Waals surface area contributed by atoms with Crippen LogP contribution in [0.4, 0.5) is 0 Å². The van der Waals surface area contributed by atoms with Crippen molar-refractivity contribution in [2.75, 3.05) is 19.8 Å². The minimum Gasteiger partial charge on any atom is -0.394 e. The summed E-state index contributed by atoms with van der Waals surface area (Å²) in [6.45, 7) is 2.51. The van der Waals surface area contributed by atoms with Gasteiger partial charge in [0.05, 0.1) is 19.8 Å². The van der Waals surface area contributed by atoms with E-state index < -0.39 is 31.0 Å². The summed E-state index contributed by atoms with van der Waals surface area (Å²) < 4.78 is 10.9. The van der Waals surface area contributed by atoms with Crippen molar-refractivity contribution >= 4 is 0 Å². The third-order valence-electron chi connectivity index (χ3n) is 5.03. The van der Waals surface area contributed by atoms with Gasteiger partial charge in [-0.2, -0.15) is 0 Å². The molecule has 154 valence electrons. The first-order valence-corrected chi connectivity index (χ1v) is 10.6. The Hall–Kier alpha value is -0.460. The molecule has 1 heterocycles. The second kappa shape index (κ2) is 15.6. The summed E-state index contributed by atoms with van der Waals surface area (Å²) in [6, 6.07) is 0. The first-order chi connectivity index (χ1) is 12.7. The van der Waals surface area contributed by atoms with Gasteiger partial charge in [-0.05, 0) is 12.8 Å². The number of aliphatic hydroxyl groups excluding tert-OH is 3. The highest BCUT2D eigenvalue weighted by atomic mass is 16.6. The van der Waals surface area contributed by atoms with Crippen LogP contribution >= 0.6 is 0 Å². The zero-order valence-electron chi connectivity index (χ0n) is 16.5. The molecular formula is C21H40O5. The van der Waals surface area contributed by atoms with Crippen LogP contribution in [-0.4, -0.2) is 59.6 Å². The molecule has 0 aromatic carbocycles. The Balaban J connectivity index is 1.91. The Kier molecular flexibility index (Phi) is 14.1. The predicted octanol–water partition coefficient (Wildman–Crippen LogP) is 3.35. The summed E-state index contributed by atoms with van der Waals surface area (Å²) in [7, 11) is 0. The Morgan fingerprint density at radius 2 is 1.62 bits per heavy atom. The number of allylic oxidation sites excluding steroid dienone is 1. The summed E-state index contributed by atoms with van der Waals surface area (Å²) >= 11 is 0. The summed E-state index contributed by atoms with van der Waals surface area (Å²) in [4.78, 5) is 0. The number of ether oxygens (including phenoxy) is 2. The molecule has 0 saturated carbocycles. The highest BCUT2D eigenvalue weighted by Gasteiger charge is 2.40. The highest BCUT2D eigenvalue weighted by Crippen LogP contribution is 2.20. The van der Waals surface area contributed by atoms with Crippen molar-refractivity contribution < 1.29 is 24.8 Å². The van der Waals surface area contributed by atoms with E-state index in [9.17, 15) is 10.2 Å². The van der Waals surface area contributed by atoms with Crippen LogP contribution in [0.2, 0.25) is 0 Å². The van der Waals surface area contributed by atoms with Crippen LogP contribution in [0, 0.1) is 0 Å². The molecule has 3 N–H and O–H groups in total. The number of unbranched alkanes of at least 4 members (excludes halogenated alkanes) is 10. The summed E-state index contributed by atoms with van der Waals surface area (Å²) in [5.74, 6) is 0. The Labute approximate surface area is 159 Å². The maximum absolute atomic E-state index is 10.0.